The molecule has 11 nitrogen and oxygen atoms in total. The van der Waals surface area contributed by atoms with Crippen molar-refractivity contribution in [2.45, 2.75) is 70.2 Å². The monoisotopic (exact) mass is 505 g/mol. The van der Waals surface area contributed by atoms with E-state index in [-0.39, 0.29) is 19.1 Å². The van der Waals surface area contributed by atoms with E-state index >= 15 is 0 Å². The Balaban J connectivity index is 1.52. The predicted molar refractivity (Wildman–Crippen MR) is 124 cm³/mol. The van der Waals surface area contributed by atoms with Gasteiger partial charge in [-0.2, -0.15) is 0 Å². The zero-order chi connectivity index (χ0) is 26.0. The lowest BCUT2D eigenvalue weighted by Crippen LogP contribution is -2.71. The maximum atomic E-state index is 13.3. The van der Waals surface area contributed by atoms with Gasteiger partial charge in [0.25, 0.3) is 5.91 Å². The molecule has 196 valence electrons. The van der Waals surface area contributed by atoms with Crippen LogP contribution in [-0.2, 0) is 42.8 Å². The van der Waals surface area contributed by atoms with Gasteiger partial charge < -0.3 is 38.1 Å². The summed E-state index contributed by atoms with van der Waals surface area (Å²) in [5, 5.41) is 0. The number of amides is 1. The third kappa shape index (κ3) is 5.70. The zero-order valence-electron chi connectivity index (χ0n) is 20.9. The molecule has 4 rings (SSSR count). The number of β-lactam (4-membered cyclic amide) rings is 1. The zero-order valence-corrected chi connectivity index (χ0v) is 20.9. The van der Waals surface area contributed by atoms with Crippen molar-refractivity contribution < 1.29 is 47.5 Å². The number of hydrogen-bond acceptors (Lipinski definition) is 10. The summed E-state index contributed by atoms with van der Waals surface area (Å²) in [6.45, 7) is 6.29. The summed E-state index contributed by atoms with van der Waals surface area (Å²) in [5.41, 5.74) is 0.668. The van der Waals surface area contributed by atoms with Gasteiger partial charge in [-0.25, -0.2) is 0 Å². The smallest absolute Gasteiger partial charge is 0.303 e. The number of carbonyl (C=O) groups is 3. The van der Waals surface area contributed by atoms with E-state index < -0.39 is 54.5 Å². The summed E-state index contributed by atoms with van der Waals surface area (Å²) < 4.78 is 39.3. The Hall–Kier alpha value is -2.99. The summed E-state index contributed by atoms with van der Waals surface area (Å²) in [4.78, 5) is 37.7. The summed E-state index contributed by atoms with van der Waals surface area (Å²) in [5.74, 6) is -1.41. The minimum atomic E-state index is -0.942. The maximum absolute atomic E-state index is 13.3. The van der Waals surface area contributed by atoms with Crippen LogP contribution in [0.5, 0.6) is 5.75 Å². The molecule has 0 radical (unpaired) electrons. The summed E-state index contributed by atoms with van der Waals surface area (Å²) in [6, 6.07) is 6.63. The van der Waals surface area contributed by atoms with E-state index in [4.69, 9.17) is 33.2 Å². The second kappa shape index (κ2) is 10.6. The largest absolute Gasteiger partial charge is 0.497 e. The van der Waals surface area contributed by atoms with E-state index in [1.807, 2.05) is 13.8 Å². The molecule has 2 saturated heterocycles. The van der Waals surface area contributed by atoms with Gasteiger partial charge in [0.2, 0.25) is 0 Å². The van der Waals surface area contributed by atoms with Crippen LogP contribution in [0, 0.1) is 0 Å². The molecule has 3 aliphatic rings. The molecule has 3 heterocycles. The summed E-state index contributed by atoms with van der Waals surface area (Å²) >= 11 is 0. The fourth-order valence-electron chi connectivity index (χ4n) is 4.39. The molecule has 0 N–H and O–H groups in total. The lowest BCUT2D eigenvalue weighted by atomic mass is 9.91. The highest BCUT2D eigenvalue weighted by Gasteiger charge is 2.57. The summed E-state index contributed by atoms with van der Waals surface area (Å²) in [6.07, 6.45) is -0.675. The molecule has 36 heavy (non-hydrogen) atoms. The summed E-state index contributed by atoms with van der Waals surface area (Å²) in [7, 11) is 1.57. The number of rotatable bonds is 8. The first-order valence-electron chi connectivity index (χ1n) is 11.7. The standard InChI is InChI=1S/C25H31NO10/c1-14(27)31-12-19-18(33-15(2)28)10-11-21(34-19)35-23-22(20-13-32-25(3,4)36-20)26(24(23)29)16-6-8-17(30-5)9-7-16/h6-11,18-23H,12-13H2,1-5H3/t18-,19+,20+,21+,22-,23+/m0/s1. The predicted octanol–water partition coefficient (Wildman–Crippen LogP) is 1.72. The third-order valence-corrected chi connectivity index (χ3v) is 6.02. The lowest BCUT2D eigenvalue weighted by molar-refractivity contribution is -0.223. The maximum Gasteiger partial charge on any atom is 0.303 e. The van der Waals surface area contributed by atoms with Gasteiger partial charge in [-0.3, -0.25) is 14.4 Å². The number of methoxy groups -OCH3 is 1. The van der Waals surface area contributed by atoms with Crippen molar-refractivity contribution in [2.24, 2.45) is 0 Å². The van der Waals surface area contributed by atoms with Gasteiger partial charge in [0.15, 0.2) is 18.2 Å². The number of hydrogen-bond donors (Lipinski definition) is 0. The first-order valence-corrected chi connectivity index (χ1v) is 11.7. The van der Waals surface area contributed by atoms with E-state index in [1.54, 1.807) is 48.4 Å². The van der Waals surface area contributed by atoms with Crippen molar-refractivity contribution in [1.29, 1.82) is 0 Å². The van der Waals surface area contributed by atoms with Crippen molar-refractivity contribution in [1.82, 2.24) is 0 Å². The molecule has 0 aliphatic carbocycles. The van der Waals surface area contributed by atoms with Gasteiger partial charge in [-0.15, -0.1) is 0 Å². The molecule has 11 heteroatoms. The first kappa shape index (κ1) is 26.1. The molecule has 6 atom stereocenters. The fraction of sp³-hybridized carbons (Fsp3) is 0.560. The molecule has 2 fully saturated rings. The molecule has 1 amide bonds. The number of anilines is 1. The second-order valence-electron chi connectivity index (χ2n) is 9.13. The van der Waals surface area contributed by atoms with Crippen molar-refractivity contribution >= 4 is 23.5 Å². The Morgan fingerprint density at radius 2 is 1.83 bits per heavy atom. The van der Waals surface area contributed by atoms with Crippen LogP contribution in [0.3, 0.4) is 0 Å². The van der Waals surface area contributed by atoms with Crippen LogP contribution in [0.15, 0.2) is 36.4 Å². The molecule has 0 saturated carbocycles. The van der Waals surface area contributed by atoms with Gasteiger partial charge >= 0.3 is 11.9 Å². The van der Waals surface area contributed by atoms with E-state index in [9.17, 15) is 14.4 Å². The van der Waals surface area contributed by atoms with Gasteiger partial charge in [-0.1, -0.05) is 0 Å². The first-order chi connectivity index (χ1) is 17.1. The van der Waals surface area contributed by atoms with Crippen molar-refractivity contribution in [3.63, 3.8) is 0 Å². The van der Waals surface area contributed by atoms with Crippen molar-refractivity contribution in [2.75, 3.05) is 25.2 Å². The van der Waals surface area contributed by atoms with E-state index in [0.717, 1.165) is 0 Å². The quantitative estimate of drug-likeness (QED) is 0.293. The van der Waals surface area contributed by atoms with Crippen LogP contribution in [0.4, 0.5) is 5.69 Å². The average Bonchev–Trinajstić information content (AvgIpc) is 3.19. The molecule has 3 aliphatic heterocycles. The van der Waals surface area contributed by atoms with Crippen LogP contribution in [0.1, 0.15) is 27.7 Å². The minimum Gasteiger partial charge on any atom is -0.497 e. The Labute approximate surface area is 209 Å². The third-order valence-electron chi connectivity index (χ3n) is 6.02. The molecular formula is C25H31NO10. The normalized spacial score (nSPS) is 31.0. The van der Waals surface area contributed by atoms with Crippen LogP contribution in [0.2, 0.25) is 0 Å². The molecule has 0 aromatic heterocycles. The van der Waals surface area contributed by atoms with E-state index in [0.29, 0.717) is 11.4 Å². The number of benzene rings is 1. The van der Waals surface area contributed by atoms with Crippen LogP contribution in [-0.4, -0.2) is 80.7 Å². The Morgan fingerprint density at radius 3 is 2.42 bits per heavy atom. The Bertz CT molecular complexity index is 1010. The molecule has 0 spiro atoms. The topological polar surface area (TPSA) is 119 Å². The molecular weight excluding hydrogens is 474 g/mol. The fourth-order valence-corrected chi connectivity index (χ4v) is 4.39. The van der Waals surface area contributed by atoms with Gasteiger partial charge in [0, 0.05) is 19.5 Å². The molecule has 1 aromatic rings. The SMILES string of the molecule is COc1ccc(N2C(=O)[C@H](O[C@@H]3C=C[C@H](OC(C)=O)[C@@H](COC(C)=O)O3)[C@@H]2[C@H]2COC(C)(C)O2)cc1. The second-order valence-corrected chi connectivity index (χ2v) is 9.13. The van der Waals surface area contributed by atoms with E-state index in [2.05, 4.69) is 0 Å². The van der Waals surface area contributed by atoms with Gasteiger partial charge in [-0.05, 0) is 50.3 Å². The highest BCUT2D eigenvalue weighted by Crippen LogP contribution is 2.39. The number of ether oxygens (including phenoxy) is 7. The van der Waals surface area contributed by atoms with Crippen molar-refractivity contribution in [3.05, 3.63) is 36.4 Å². The lowest BCUT2D eigenvalue weighted by Gasteiger charge is -2.49. The number of esters is 2. The van der Waals surface area contributed by atoms with Crippen LogP contribution in [0.25, 0.3) is 0 Å². The number of carbonyl (C=O) groups excluding carboxylic acids is 3. The molecule has 0 bridgehead atoms. The highest BCUT2D eigenvalue weighted by molar-refractivity contribution is 6.05. The Morgan fingerprint density at radius 1 is 1.11 bits per heavy atom. The minimum absolute atomic E-state index is 0.148. The highest BCUT2D eigenvalue weighted by atomic mass is 16.7. The van der Waals surface area contributed by atoms with Crippen molar-refractivity contribution in [3.8, 4) is 5.75 Å². The van der Waals surface area contributed by atoms with Gasteiger partial charge in [0.1, 0.15) is 36.7 Å². The van der Waals surface area contributed by atoms with E-state index in [1.165, 1.54) is 13.8 Å². The number of nitrogens with zero attached hydrogens (tertiary/aromatic N) is 1. The van der Waals surface area contributed by atoms with Crippen LogP contribution >= 0.6 is 0 Å². The molecule has 0 unspecified atom stereocenters. The van der Waals surface area contributed by atoms with Crippen LogP contribution < -0.4 is 9.64 Å². The Kier molecular flexibility index (Phi) is 7.65. The van der Waals surface area contributed by atoms with Gasteiger partial charge in [0.05, 0.1) is 13.7 Å². The average molecular weight is 506 g/mol. The molecule has 1 aromatic carbocycles.